The highest BCUT2D eigenvalue weighted by Gasteiger charge is 2.28. The average Bonchev–Trinajstić information content (AvgIpc) is 3.10. The third-order valence-electron chi connectivity index (χ3n) is 4.70. The number of nitro groups is 1. The summed E-state index contributed by atoms with van der Waals surface area (Å²) in [7, 11) is 3.86. The smallest absolute Gasteiger partial charge is 0.416 e. The van der Waals surface area contributed by atoms with Crippen LogP contribution < -0.4 is 9.80 Å². The fourth-order valence-electron chi connectivity index (χ4n) is 3.25. The third kappa shape index (κ3) is 5.46. The highest BCUT2D eigenvalue weighted by Crippen LogP contribution is 2.35. The summed E-state index contributed by atoms with van der Waals surface area (Å²) in [5.41, 5.74) is 1.14. The van der Waals surface area contributed by atoms with Crippen LogP contribution in [0.15, 0.2) is 30.5 Å². The molecule has 0 radical (unpaired) electrons. The summed E-state index contributed by atoms with van der Waals surface area (Å²) in [4.78, 5) is 37.9. The molecule has 0 spiro atoms. The lowest BCUT2D eigenvalue weighted by Gasteiger charge is -2.28. The lowest BCUT2D eigenvalue weighted by molar-refractivity contribution is -0.384. The Hall–Kier alpha value is -3.27. The number of hydrogen-bond acceptors (Lipinski definition) is 8. The van der Waals surface area contributed by atoms with Crippen LogP contribution in [0.1, 0.15) is 26.3 Å². The number of aromatic nitrogens is 2. The Labute approximate surface area is 181 Å². The van der Waals surface area contributed by atoms with E-state index in [-0.39, 0.29) is 5.69 Å². The molecule has 0 N–H and O–H groups in total. The Morgan fingerprint density at radius 1 is 1.26 bits per heavy atom. The summed E-state index contributed by atoms with van der Waals surface area (Å²) in [6.45, 7) is 7.10. The molecule has 1 aliphatic heterocycles. The lowest BCUT2D eigenvalue weighted by Crippen LogP contribution is -2.41. The first kappa shape index (κ1) is 22.4. The van der Waals surface area contributed by atoms with Gasteiger partial charge >= 0.3 is 6.09 Å². The van der Waals surface area contributed by atoms with Gasteiger partial charge in [0.05, 0.1) is 4.92 Å². The van der Waals surface area contributed by atoms with Crippen LogP contribution in [0.3, 0.4) is 0 Å². The van der Waals surface area contributed by atoms with E-state index in [9.17, 15) is 14.9 Å². The predicted molar refractivity (Wildman–Crippen MR) is 118 cm³/mol. The molecular weight excluding hydrogens is 400 g/mol. The first-order chi connectivity index (χ1) is 14.5. The van der Waals surface area contributed by atoms with Gasteiger partial charge in [-0.05, 0) is 59.0 Å². The molecule has 0 aliphatic carbocycles. The molecule has 2 aromatic rings. The van der Waals surface area contributed by atoms with Crippen LogP contribution in [0.5, 0.6) is 0 Å². The van der Waals surface area contributed by atoms with E-state index in [1.807, 2.05) is 44.7 Å². The van der Waals surface area contributed by atoms with Gasteiger partial charge in [-0.15, -0.1) is 0 Å². The number of nitro benzene ring substituents is 1. The van der Waals surface area contributed by atoms with E-state index in [1.165, 1.54) is 11.0 Å². The molecule has 1 amide bonds. The SMILES string of the molecule is CN(C)CCN(C(=O)OC(C)(C)C)c1ccnc(N2CCc3cc([N+](=O)[O-])ccc32)n1. The number of hydrogen-bond donors (Lipinski definition) is 0. The minimum Gasteiger partial charge on any atom is -0.443 e. The van der Waals surface area contributed by atoms with E-state index in [0.29, 0.717) is 37.8 Å². The number of benzene rings is 1. The quantitative estimate of drug-likeness (QED) is 0.509. The van der Waals surface area contributed by atoms with Crippen molar-refractivity contribution in [3.63, 3.8) is 0 Å². The first-order valence-electron chi connectivity index (χ1n) is 10.1. The van der Waals surface area contributed by atoms with Gasteiger partial charge in [-0.1, -0.05) is 0 Å². The van der Waals surface area contributed by atoms with Gasteiger partial charge in [0.2, 0.25) is 5.95 Å². The zero-order valence-corrected chi connectivity index (χ0v) is 18.5. The van der Waals surface area contributed by atoms with Crippen LogP contribution in [-0.4, -0.2) is 65.2 Å². The second-order valence-corrected chi connectivity index (χ2v) is 8.62. The molecule has 10 nitrogen and oxygen atoms in total. The summed E-state index contributed by atoms with van der Waals surface area (Å²) in [5.74, 6) is 0.875. The molecule has 1 aromatic carbocycles. The van der Waals surface area contributed by atoms with Crippen molar-refractivity contribution in [3.05, 3.63) is 46.1 Å². The maximum atomic E-state index is 12.9. The van der Waals surface area contributed by atoms with Gasteiger partial charge in [0, 0.05) is 43.7 Å². The molecule has 31 heavy (non-hydrogen) atoms. The molecule has 10 heteroatoms. The van der Waals surface area contributed by atoms with Gasteiger partial charge in [0.15, 0.2) is 0 Å². The molecular formula is C21H28N6O4. The van der Waals surface area contributed by atoms with Crippen molar-refractivity contribution in [2.24, 2.45) is 0 Å². The molecule has 0 saturated heterocycles. The highest BCUT2D eigenvalue weighted by molar-refractivity contribution is 5.87. The summed E-state index contributed by atoms with van der Waals surface area (Å²) in [6.07, 6.45) is 1.78. The van der Waals surface area contributed by atoms with E-state index in [2.05, 4.69) is 9.97 Å². The van der Waals surface area contributed by atoms with Crippen molar-refractivity contribution in [2.75, 3.05) is 43.5 Å². The van der Waals surface area contributed by atoms with Gasteiger partial charge in [0.25, 0.3) is 5.69 Å². The normalized spacial score (nSPS) is 13.3. The Balaban J connectivity index is 1.90. The van der Waals surface area contributed by atoms with Gasteiger partial charge in [-0.3, -0.25) is 15.0 Å². The molecule has 0 unspecified atom stereocenters. The maximum absolute atomic E-state index is 12.9. The minimum atomic E-state index is -0.633. The minimum absolute atomic E-state index is 0.0649. The maximum Gasteiger partial charge on any atom is 0.416 e. The number of rotatable bonds is 6. The monoisotopic (exact) mass is 428 g/mol. The number of anilines is 3. The van der Waals surface area contributed by atoms with Crippen LogP contribution in [0.2, 0.25) is 0 Å². The predicted octanol–water partition coefficient (Wildman–Crippen LogP) is 3.38. The number of ether oxygens (including phenoxy) is 1. The van der Waals surface area contributed by atoms with Crippen molar-refractivity contribution >= 4 is 29.2 Å². The summed E-state index contributed by atoms with van der Waals surface area (Å²) >= 11 is 0. The molecule has 3 rings (SSSR count). The van der Waals surface area contributed by atoms with Crippen LogP contribution in [0.4, 0.5) is 27.9 Å². The summed E-state index contributed by atoms with van der Waals surface area (Å²) in [6, 6.07) is 6.46. The standard InChI is InChI=1S/C21H28N6O4/c1-21(2,3)31-20(28)26(13-12-24(4)5)18-8-10-22-19(23-18)25-11-9-15-14-16(27(29)30)6-7-17(15)25/h6-8,10,14H,9,11-13H2,1-5H3. The topological polar surface area (TPSA) is 105 Å². The summed E-state index contributed by atoms with van der Waals surface area (Å²) < 4.78 is 5.57. The largest absolute Gasteiger partial charge is 0.443 e. The van der Waals surface area contributed by atoms with Crippen LogP contribution >= 0.6 is 0 Å². The van der Waals surface area contributed by atoms with E-state index >= 15 is 0 Å². The number of carbonyl (C=O) groups is 1. The van der Waals surface area contributed by atoms with Crippen molar-refractivity contribution in [2.45, 2.75) is 32.8 Å². The number of amides is 1. The Bertz CT molecular complexity index is 973. The van der Waals surface area contributed by atoms with Crippen molar-refractivity contribution < 1.29 is 14.5 Å². The van der Waals surface area contributed by atoms with Crippen molar-refractivity contribution in [1.82, 2.24) is 14.9 Å². The van der Waals surface area contributed by atoms with E-state index in [4.69, 9.17) is 4.74 Å². The fraction of sp³-hybridized carbons (Fsp3) is 0.476. The van der Waals surface area contributed by atoms with Crippen LogP contribution in [-0.2, 0) is 11.2 Å². The van der Waals surface area contributed by atoms with Crippen molar-refractivity contribution in [3.8, 4) is 0 Å². The number of likely N-dealkylation sites (N-methyl/N-ethyl adjacent to an activating group) is 1. The second-order valence-electron chi connectivity index (χ2n) is 8.62. The molecule has 0 saturated carbocycles. The van der Waals surface area contributed by atoms with Crippen LogP contribution in [0.25, 0.3) is 0 Å². The molecule has 2 heterocycles. The third-order valence-corrected chi connectivity index (χ3v) is 4.70. The molecule has 1 aliphatic rings. The molecule has 0 fully saturated rings. The van der Waals surface area contributed by atoms with E-state index in [0.717, 1.165) is 11.3 Å². The number of non-ortho nitro benzene ring substituents is 1. The van der Waals surface area contributed by atoms with E-state index in [1.54, 1.807) is 24.4 Å². The zero-order chi connectivity index (χ0) is 22.8. The molecule has 0 bridgehead atoms. The number of nitrogens with zero attached hydrogens (tertiary/aromatic N) is 6. The first-order valence-corrected chi connectivity index (χ1v) is 10.1. The van der Waals surface area contributed by atoms with Gasteiger partial charge in [-0.2, -0.15) is 4.98 Å². The lowest BCUT2D eigenvalue weighted by atomic mass is 10.1. The fourth-order valence-corrected chi connectivity index (χ4v) is 3.25. The average molecular weight is 428 g/mol. The molecule has 1 aromatic heterocycles. The number of carbonyl (C=O) groups excluding carboxylic acids is 1. The van der Waals surface area contributed by atoms with Crippen molar-refractivity contribution in [1.29, 1.82) is 0 Å². The Kier molecular flexibility index (Phi) is 6.40. The van der Waals surface area contributed by atoms with Gasteiger partial charge in [0.1, 0.15) is 11.4 Å². The zero-order valence-electron chi connectivity index (χ0n) is 18.5. The molecule has 0 atom stereocenters. The second kappa shape index (κ2) is 8.84. The van der Waals surface area contributed by atoms with Gasteiger partial charge < -0.3 is 14.5 Å². The van der Waals surface area contributed by atoms with E-state index < -0.39 is 16.6 Å². The number of fused-ring (bicyclic) bond motifs is 1. The highest BCUT2D eigenvalue weighted by atomic mass is 16.6. The Morgan fingerprint density at radius 3 is 2.65 bits per heavy atom. The molecule has 166 valence electrons. The van der Waals surface area contributed by atoms with Crippen LogP contribution in [0, 0.1) is 10.1 Å². The Morgan fingerprint density at radius 2 is 2.00 bits per heavy atom. The summed E-state index contributed by atoms with van der Waals surface area (Å²) in [5, 5.41) is 11.1. The van der Waals surface area contributed by atoms with Gasteiger partial charge in [-0.25, -0.2) is 9.78 Å².